The summed E-state index contributed by atoms with van der Waals surface area (Å²) < 4.78 is 24.8. The van der Waals surface area contributed by atoms with Gasteiger partial charge in [-0.2, -0.15) is 0 Å². The number of hydrogen-bond acceptors (Lipinski definition) is 6. The second-order valence-corrected chi connectivity index (χ2v) is 8.02. The number of aromatic amines is 1. The van der Waals surface area contributed by atoms with Gasteiger partial charge in [0.2, 0.25) is 15.0 Å². The van der Waals surface area contributed by atoms with E-state index in [9.17, 15) is 8.42 Å². The van der Waals surface area contributed by atoms with Crippen LogP contribution in [0.3, 0.4) is 0 Å². The smallest absolute Gasteiger partial charge is 0.226 e. The van der Waals surface area contributed by atoms with Gasteiger partial charge in [-0.1, -0.05) is 0 Å². The summed E-state index contributed by atoms with van der Waals surface area (Å²) >= 11 is 1.39. The Kier molecular flexibility index (Phi) is 3.22. The largest absolute Gasteiger partial charge is 0.399 e. The normalized spacial score (nSPS) is 12.1. The fourth-order valence-corrected chi connectivity index (χ4v) is 4.44. The molecule has 8 heteroatoms. The van der Waals surface area contributed by atoms with E-state index in [4.69, 9.17) is 5.73 Å². The molecule has 0 aliphatic heterocycles. The van der Waals surface area contributed by atoms with Gasteiger partial charge in [0.1, 0.15) is 10.8 Å². The molecule has 0 saturated heterocycles. The van der Waals surface area contributed by atoms with Gasteiger partial charge in [-0.05, 0) is 32.0 Å². The molecule has 0 aliphatic carbocycles. The minimum Gasteiger partial charge on any atom is -0.399 e. The molecule has 1 aromatic carbocycles. The Hall–Kier alpha value is -1.93. The summed E-state index contributed by atoms with van der Waals surface area (Å²) in [6.45, 7) is 3.79. The highest BCUT2D eigenvalue weighted by atomic mass is 32.2. The number of nitrogens with two attached hydrogens (primary N) is 1. The lowest BCUT2D eigenvalue weighted by atomic mass is 10.3. The Morgan fingerprint density at radius 2 is 2.05 bits per heavy atom. The van der Waals surface area contributed by atoms with Gasteiger partial charge in [-0.3, -0.25) is 0 Å². The third kappa shape index (κ3) is 2.64. The zero-order valence-electron chi connectivity index (χ0n) is 11.5. The topological polar surface area (TPSA) is 102 Å². The molecule has 0 saturated carbocycles. The summed E-state index contributed by atoms with van der Waals surface area (Å²) in [5, 5.41) is 0.526. The molecule has 0 fully saturated rings. The summed E-state index contributed by atoms with van der Waals surface area (Å²) in [6, 6.07) is 5.05. The molecule has 110 valence electrons. The molecule has 2 aromatic heterocycles. The first kappa shape index (κ1) is 14.0. The van der Waals surface area contributed by atoms with Crippen molar-refractivity contribution in [3.05, 3.63) is 33.8 Å². The van der Waals surface area contributed by atoms with Crippen LogP contribution in [0.25, 0.3) is 11.0 Å². The van der Waals surface area contributed by atoms with Crippen LogP contribution in [0, 0.1) is 13.8 Å². The van der Waals surface area contributed by atoms with E-state index < -0.39 is 9.84 Å². The molecule has 3 rings (SSSR count). The van der Waals surface area contributed by atoms with Crippen LogP contribution in [-0.2, 0) is 15.6 Å². The molecule has 3 N–H and O–H groups in total. The van der Waals surface area contributed by atoms with E-state index in [1.54, 1.807) is 18.2 Å². The number of benzene rings is 1. The Balaban J connectivity index is 1.99. The highest BCUT2D eigenvalue weighted by molar-refractivity contribution is 7.90. The predicted molar refractivity (Wildman–Crippen MR) is 83.0 cm³/mol. The van der Waals surface area contributed by atoms with Crippen LogP contribution in [0.15, 0.2) is 23.4 Å². The maximum atomic E-state index is 12.4. The van der Waals surface area contributed by atoms with Crippen molar-refractivity contribution < 1.29 is 8.42 Å². The fourth-order valence-electron chi connectivity index (χ4n) is 1.98. The standard InChI is InChI=1S/C13H14N4O2S2/c1-7-8(2)20-12(15-7)6-21(18,19)13-16-10-4-3-9(14)5-11(10)17-13/h3-5H,6,14H2,1-2H3,(H,16,17). The van der Waals surface area contributed by atoms with Crippen molar-refractivity contribution in [3.63, 3.8) is 0 Å². The van der Waals surface area contributed by atoms with E-state index in [0.717, 1.165) is 10.6 Å². The zero-order chi connectivity index (χ0) is 15.2. The minimum absolute atomic E-state index is 0.0476. The number of nitrogens with one attached hydrogen (secondary N) is 1. The maximum absolute atomic E-state index is 12.4. The molecule has 21 heavy (non-hydrogen) atoms. The van der Waals surface area contributed by atoms with Gasteiger partial charge >= 0.3 is 0 Å². The summed E-state index contributed by atoms with van der Waals surface area (Å²) in [7, 11) is -3.55. The molecule has 0 spiro atoms. The molecule has 2 heterocycles. The number of nitrogens with zero attached hydrogens (tertiary/aromatic N) is 2. The van der Waals surface area contributed by atoms with Crippen LogP contribution >= 0.6 is 11.3 Å². The first-order valence-electron chi connectivity index (χ1n) is 6.26. The van der Waals surface area contributed by atoms with Crippen LogP contribution in [-0.4, -0.2) is 23.4 Å². The molecule has 0 bridgehead atoms. The number of aryl methyl sites for hydroxylation is 2. The molecular weight excluding hydrogens is 308 g/mol. The van der Waals surface area contributed by atoms with Crippen molar-refractivity contribution in [1.29, 1.82) is 0 Å². The number of nitrogen functional groups attached to an aromatic ring is 1. The lowest BCUT2D eigenvalue weighted by Gasteiger charge is -1.97. The Morgan fingerprint density at radius 3 is 2.71 bits per heavy atom. The van der Waals surface area contributed by atoms with Gasteiger partial charge in [0.05, 0.1) is 16.7 Å². The van der Waals surface area contributed by atoms with Crippen LogP contribution in [0.4, 0.5) is 5.69 Å². The summed E-state index contributed by atoms with van der Waals surface area (Å²) in [5.41, 5.74) is 8.29. The summed E-state index contributed by atoms with van der Waals surface area (Å²) in [5.74, 6) is -0.151. The number of fused-ring (bicyclic) bond motifs is 1. The molecule has 0 unspecified atom stereocenters. The Bertz CT molecular complexity index is 905. The van der Waals surface area contributed by atoms with E-state index in [-0.39, 0.29) is 10.9 Å². The monoisotopic (exact) mass is 322 g/mol. The van der Waals surface area contributed by atoms with E-state index in [1.165, 1.54) is 11.3 Å². The molecule has 0 radical (unpaired) electrons. The van der Waals surface area contributed by atoms with Crippen molar-refractivity contribution >= 4 is 37.9 Å². The fraction of sp³-hybridized carbons (Fsp3) is 0.231. The van der Waals surface area contributed by atoms with Crippen LogP contribution in [0.5, 0.6) is 0 Å². The lowest BCUT2D eigenvalue weighted by molar-refractivity contribution is 0.588. The van der Waals surface area contributed by atoms with Crippen molar-refractivity contribution in [3.8, 4) is 0 Å². The van der Waals surface area contributed by atoms with Gasteiger partial charge in [-0.15, -0.1) is 11.3 Å². The predicted octanol–water partition coefficient (Wildman–Crippen LogP) is 2.19. The summed E-state index contributed by atoms with van der Waals surface area (Å²) in [4.78, 5) is 12.2. The van der Waals surface area contributed by atoms with Crippen LogP contribution in [0.2, 0.25) is 0 Å². The van der Waals surface area contributed by atoms with Gasteiger partial charge in [0.15, 0.2) is 0 Å². The second-order valence-electron chi connectivity index (χ2n) is 4.83. The van der Waals surface area contributed by atoms with Crippen LogP contribution in [0.1, 0.15) is 15.6 Å². The number of thiazole rings is 1. The lowest BCUT2D eigenvalue weighted by Crippen LogP contribution is -2.06. The van der Waals surface area contributed by atoms with Crippen molar-refractivity contribution in [2.24, 2.45) is 0 Å². The quantitative estimate of drug-likeness (QED) is 0.720. The van der Waals surface area contributed by atoms with Crippen molar-refractivity contribution in [2.75, 3.05) is 5.73 Å². The number of imidazole rings is 1. The number of rotatable bonds is 3. The second kappa shape index (κ2) is 4.81. The molecular formula is C13H14N4O2S2. The van der Waals surface area contributed by atoms with E-state index in [2.05, 4.69) is 15.0 Å². The maximum Gasteiger partial charge on any atom is 0.226 e. The first-order chi connectivity index (χ1) is 9.85. The number of anilines is 1. The zero-order valence-corrected chi connectivity index (χ0v) is 13.2. The minimum atomic E-state index is -3.55. The summed E-state index contributed by atoms with van der Waals surface area (Å²) in [6.07, 6.45) is 0. The average molecular weight is 322 g/mol. The van der Waals surface area contributed by atoms with Crippen molar-refractivity contribution in [1.82, 2.24) is 15.0 Å². The Labute approximate surface area is 126 Å². The highest BCUT2D eigenvalue weighted by Gasteiger charge is 2.22. The third-order valence-electron chi connectivity index (χ3n) is 3.17. The number of H-pyrrole nitrogens is 1. The van der Waals surface area contributed by atoms with Crippen molar-refractivity contribution in [2.45, 2.75) is 24.8 Å². The molecule has 0 atom stereocenters. The number of sulfone groups is 1. The number of hydrogen-bond donors (Lipinski definition) is 2. The van der Waals surface area contributed by atoms with Gasteiger partial charge in [-0.25, -0.2) is 18.4 Å². The van der Waals surface area contributed by atoms with Gasteiger partial charge in [0.25, 0.3) is 0 Å². The van der Waals surface area contributed by atoms with Gasteiger partial charge in [0, 0.05) is 10.6 Å². The highest BCUT2D eigenvalue weighted by Crippen LogP contribution is 2.23. The van der Waals surface area contributed by atoms with E-state index >= 15 is 0 Å². The Morgan fingerprint density at radius 1 is 1.29 bits per heavy atom. The SMILES string of the molecule is Cc1nc(CS(=O)(=O)c2nc3ccc(N)cc3[nH]2)sc1C. The molecule has 3 aromatic rings. The molecule has 0 amide bonds. The first-order valence-corrected chi connectivity index (χ1v) is 8.73. The molecule has 0 aliphatic rings. The molecule has 6 nitrogen and oxygen atoms in total. The third-order valence-corrected chi connectivity index (χ3v) is 5.86. The van der Waals surface area contributed by atoms with Gasteiger partial charge < -0.3 is 10.7 Å². The van der Waals surface area contributed by atoms with Crippen LogP contribution < -0.4 is 5.73 Å². The number of aromatic nitrogens is 3. The average Bonchev–Trinajstić information content (AvgIpc) is 2.93. The van der Waals surface area contributed by atoms with E-state index in [0.29, 0.717) is 21.7 Å². The van der Waals surface area contributed by atoms with E-state index in [1.807, 2.05) is 13.8 Å².